The van der Waals surface area contributed by atoms with Gasteiger partial charge >= 0.3 is 0 Å². The minimum absolute atomic E-state index is 0.0510. The van der Waals surface area contributed by atoms with E-state index in [0.29, 0.717) is 10.9 Å². The molecule has 2 aliphatic rings. The fourth-order valence-electron chi connectivity index (χ4n) is 4.11. The number of hydrogen-bond donors (Lipinski definition) is 1. The fourth-order valence-corrected chi connectivity index (χ4v) is 5.35. The van der Waals surface area contributed by atoms with E-state index < -0.39 is 10.0 Å². The number of sulfonamides is 1. The van der Waals surface area contributed by atoms with Crippen molar-refractivity contribution in [1.82, 2.24) is 9.62 Å². The summed E-state index contributed by atoms with van der Waals surface area (Å²) in [7, 11) is -1.36. The molecule has 4 rings (SSSR count). The van der Waals surface area contributed by atoms with E-state index in [4.69, 9.17) is 0 Å². The number of hydrogen-bond acceptors (Lipinski definition) is 4. The molecule has 1 fully saturated rings. The van der Waals surface area contributed by atoms with Crippen LogP contribution in [0.2, 0.25) is 0 Å². The molecule has 0 bridgehead atoms. The molecule has 0 spiro atoms. The van der Waals surface area contributed by atoms with Gasteiger partial charge in [0.1, 0.15) is 0 Å². The van der Waals surface area contributed by atoms with Crippen molar-refractivity contribution in [2.24, 2.45) is 0 Å². The lowest BCUT2D eigenvalue weighted by Gasteiger charge is -2.24. The molecule has 138 valence electrons. The van der Waals surface area contributed by atoms with Gasteiger partial charge in [-0.3, -0.25) is 4.90 Å². The minimum atomic E-state index is -3.48. The molecule has 0 aliphatic carbocycles. The van der Waals surface area contributed by atoms with Gasteiger partial charge in [-0.1, -0.05) is 35.9 Å². The molecule has 0 saturated carbocycles. The number of nitrogens with zero attached hydrogens (tertiary/aromatic N) is 2. The second kappa shape index (κ2) is 6.68. The maximum atomic E-state index is 12.7. The molecule has 0 unspecified atom stereocenters. The third kappa shape index (κ3) is 3.37. The third-order valence-corrected chi connectivity index (χ3v) is 6.98. The van der Waals surface area contributed by atoms with E-state index in [1.165, 1.54) is 11.3 Å². The normalized spacial score (nSPS) is 23.4. The van der Waals surface area contributed by atoms with Gasteiger partial charge in [-0.2, -0.15) is 0 Å². The van der Waals surface area contributed by atoms with Crippen LogP contribution < -0.4 is 9.62 Å². The van der Waals surface area contributed by atoms with E-state index in [1.807, 2.05) is 19.1 Å². The van der Waals surface area contributed by atoms with Gasteiger partial charge in [0.2, 0.25) is 10.0 Å². The van der Waals surface area contributed by atoms with Gasteiger partial charge in [-0.25, -0.2) is 13.1 Å². The van der Waals surface area contributed by atoms with Gasteiger partial charge in [-0.15, -0.1) is 0 Å². The Hall–Kier alpha value is -1.89. The average molecular weight is 372 g/mol. The highest BCUT2D eigenvalue weighted by Gasteiger charge is 2.37. The van der Waals surface area contributed by atoms with Crippen LogP contribution in [0.4, 0.5) is 5.69 Å². The van der Waals surface area contributed by atoms with Crippen LogP contribution in [0, 0.1) is 6.92 Å². The predicted molar refractivity (Wildman–Crippen MR) is 104 cm³/mol. The van der Waals surface area contributed by atoms with Crippen molar-refractivity contribution < 1.29 is 8.42 Å². The Labute approximate surface area is 155 Å². The maximum absolute atomic E-state index is 12.7. The molecule has 26 heavy (non-hydrogen) atoms. The van der Waals surface area contributed by atoms with Crippen molar-refractivity contribution in [2.45, 2.75) is 36.9 Å². The first-order chi connectivity index (χ1) is 12.4. The van der Waals surface area contributed by atoms with E-state index in [0.717, 1.165) is 31.6 Å². The van der Waals surface area contributed by atoms with Crippen LogP contribution in [0.15, 0.2) is 53.4 Å². The highest BCUT2D eigenvalue weighted by atomic mass is 32.2. The summed E-state index contributed by atoms with van der Waals surface area (Å²) in [5.41, 5.74) is 3.64. The summed E-state index contributed by atoms with van der Waals surface area (Å²) in [5, 5.41) is 0. The summed E-state index contributed by atoms with van der Waals surface area (Å²) in [6, 6.07) is 15.8. The van der Waals surface area contributed by atoms with Gasteiger partial charge in [0.15, 0.2) is 0 Å². The summed E-state index contributed by atoms with van der Waals surface area (Å²) in [4.78, 5) is 5.04. The lowest BCUT2D eigenvalue weighted by molar-refractivity contribution is 0.254. The van der Waals surface area contributed by atoms with Gasteiger partial charge < -0.3 is 4.90 Å². The third-order valence-electron chi connectivity index (χ3n) is 5.44. The standard InChI is InChI=1S/C20H25N3O2S/c1-15-7-9-19(10-8-15)26(24,25)21-17-11-18-14-22(2)20-6-4-3-5-16(20)12-23(18)13-17/h3-10,17-18,21H,11-14H2,1-2H3/t17-,18-/m0/s1. The van der Waals surface area contributed by atoms with Crippen LogP contribution in [0.3, 0.4) is 0 Å². The van der Waals surface area contributed by atoms with E-state index in [1.54, 1.807) is 12.1 Å². The molecule has 2 heterocycles. The molecule has 5 nitrogen and oxygen atoms in total. The second-order valence-electron chi connectivity index (χ2n) is 7.46. The van der Waals surface area contributed by atoms with Crippen LogP contribution >= 0.6 is 0 Å². The molecular formula is C20H25N3O2S. The van der Waals surface area contributed by atoms with Crippen LogP contribution in [-0.4, -0.2) is 45.5 Å². The second-order valence-corrected chi connectivity index (χ2v) is 9.17. The van der Waals surface area contributed by atoms with Crippen LogP contribution in [0.5, 0.6) is 0 Å². The summed E-state index contributed by atoms with van der Waals surface area (Å²) >= 11 is 0. The highest BCUT2D eigenvalue weighted by Crippen LogP contribution is 2.31. The first-order valence-corrected chi connectivity index (χ1v) is 10.5. The van der Waals surface area contributed by atoms with E-state index in [2.05, 4.69) is 45.8 Å². The Kier molecular flexibility index (Phi) is 4.50. The van der Waals surface area contributed by atoms with E-state index in [-0.39, 0.29) is 6.04 Å². The average Bonchev–Trinajstić information content (AvgIpc) is 2.89. The van der Waals surface area contributed by atoms with Crippen molar-refractivity contribution in [1.29, 1.82) is 0 Å². The smallest absolute Gasteiger partial charge is 0.240 e. The highest BCUT2D eigenvalue weighted by molar-refractivity contribution is 7.89. The van der Waals surface area contributed by atoms with Crippen molar-refractivity contribution in [3.63, 3.8) is 0 Å². The summed E-state index contributed by atoms with van der Waals surface area (Å²) in [6.07, 6.45) is 0.837. The number of fused-ring (bicyclic) bond motifs is 2. The minimum Gasteiger partial charge on any atom is -0.373 e. The Morgan fingerprint density at radius 1 is 1.04 bits per heavy atom. The van der Waals surface area contributed by atoms with Crippen molar-refractivity contribution in [2.75, 3.05) is 25.0 Å². The topological polar surface area (TPSA) is 52.7 Å². The Morgan fingerprint density at radius 3 is 2.54 bits per heavy atom. The zero-order valence-electron chi connectivity index (χ0n) is 15.2. The molecule has 1 N–H and O–H groups in total. The zero-order valence-corrected chi connectivity index (χ0v) is 16.0. The first-order valence-electron chi connectivity index (χ1n) is 9.04. The summed E-state index contributed by atoms with van der Waals surface area (Å²) < 4.78 is 28.3. The summed E-state index contributed by atoms with van der Waals surface area (Å²) in [6.45, 7) is 4.49. The number of anilines is 1. The number of benzene rings is 2. The quantitative estimate of drug-likeness (QED) is 0.900. The zero-order chi connectivity index (χ0) is 18.3. The molecule has 2 aromatic rings. The molecule has 1 saturated heterocycles. The van der Waals surface area contributed by atoms with Crippen LogP contribution in [0.1, 0.15) is 17.5 Å². The van der Waals surface area contributed by atoms with Gasteiger partial charge in [0.05, 0.1) is 4.90 Å². The Morgan fingerprint density at radius 2 is 1.77 bits per heavy atom. The molecule has 2 aromatic carbocycles. The van der Waals surface area contributed by atoms with Crippen molar-refractivity contribution in [3.8, 4) is 0 Å². The lowest BCUT2D eigenvalue weighted by atomic mass is 10.1. The number of likely N-dealkylation sites (N-methyl/N-ethyl adjacent to an activating group) is 1. The van der Waals surface area contributed by atoms with Gasteiger partial charge in [0.25, 0.3) is 0 Å². The maximum Gasteiger partial charge on any atom is 0.240 e. The first kappa shape index (κ1) is 17.5. The summed E-state index contributed by atoms with van der Waals surface area (Å²) in [5.74, 6) is 0. The monoisotopic (exact) mass is 371 g/mol. The number of rotatable bonds is 3. The Bertz CT molecular complexity index is 896. The SMILES string of the molecule is Cc1ccc(S(=O)(=O)N[C@H]2C[C@H]3CN(C)c4ccccc4CN3C2)cc1. The molecule has 2 aliphatic heterocycles. The molecule has 2 atom stereocenters. The molecular weight excluding hydrogens is 346 g/mol. The van der Waals surface area contributed by atoms with Crippen molar-refractivity contribution in [3.05, 3.63) is 59.7 Å². The van der Waals surface area contributed by atoms with E-state index >= 15 is 0 Å². The molecule has 0 aromatic heterocycles. The van der Waals surface area contributed by atoms with Crippen LogP contribution in [-0.2, 0) is 16.6 Å². The Balaban J connectivity index is 1.50. The van der Waals surface area contributed by atoms with Crippen LogP contribution in [0.25, 0.3) is 0 Å². The van der Waals surface area contributed by atoms with Gasteiger partial charge in [0, 0.05) is 44.5 Å². The number of nitrogens with one attached hydrogen (secondary N) is 1. The number of aryl methyl sites for hydroxylation is 1. The fraction of sp³-hybridized carbons (Fsp3) is 0.400. The predicted octanol–water partition coefficient (Wildman–Crippen LogP) is 2.37. The molecule has 0 amide bonds. The van der Waals surface area contributed by atoms with Gasteiger partial charge in [-0.05, 0) is 37.1 Å². The number of para-hydroxylation sites is 1. The van der Waals surface area contributed by atoms with Crippen molar-refractivity contribution >= 4 is 15.7 Å². The lowest BCUT2D eigenvalue weighted by Crippen LogP contribution is -2.37. The molecule has 0 radical (unpaired) electrons. The van der Waals surface area contributed by atoms with E-state index in [9.17, 15) is 8.42 Å². The molecule has 6 heteroatoms. The largest absolute Gasteiger partial charge is 0.373 e.